The quantitative estimate of drug-likeness (QED) is 0.103. The van der Waals surface area contributed by atoms with Gasteiger partial charge in [0.15, 0.2) is 6.29 Å². The number of likely N-dealkylation sites (tertiary alicyclic amines) is 1. The van der Waals surface area contributed by atoms with E-state index >= 15 is 0 Å². The zero-order chi connectivity index (χ0) is 40.9. The molecule has 2 aliphatic heterocycles. The summed E-state index contributed by atoms with van der Waals surface area (Å²) in [6.07, 6.45) is 1.13. The van der Waals surface area contributed by atoms with E-state index in [0.717, 1.165) is 59.2 Å². The topological polar surface area (TPSA) is 155 Å². The number of hydrogen-bond donors (Lipinski definition) is 4. The molecule has 3 heterocycles. The lowest BCUT2D eigenvalue weighted by molar-refractivity contribution is -0.253. The monoisotopic (exact) mass is 815 g/mol. The van der Waals surface area contributed by atoms with Crippen LogP contribution in [0.25, 0.3) is 11.0 Å². The van der Waals surface area contributed by atoms with Gasteiger partial charge in [-0.3, -0.25) is 9.36 Å². The third kappa shape index (κ3) is 9.57. The molecule has 8 rings (SSSR count). The molecule has 12 nitrogen and oxygen atoms in total. The Balaban J connectivity index is 0.991. The number of hydrogen-bond acceptors (Lipinski definition) is 8. The largest absolute Gasteiger partial charge is 0.392 e. The first kappa shape index (κ1) is 40.4. The molecular weight excluding hydrogens is 767 g/mol. The van der Waals surface area contributed by atoms with Crippen LogP contribution in [0.5, 0.6) is 0 Å². The Bertz CT molecular complexity index is 2530. The highest BCUT2D eigenvalue weighted by molar-refractivity contribution is 7.89. The number of aromatic nitrogens is 2. The lowest BCUT2D eigenvalue weighted by Gasteiger charge is -2.40. The van der Waals surface area contributed by atoms with Gasteiger partial charge in [0.25, 0.3) is 0 Å². The molecule has 0 spiro atoms. The molecule has 2 fully saturated rings. The highest BCUT2D eigenvalue weighted by atomic mass is 32.2. The highest BCUT2D eigenvalue weighted by Crippen LogP contribution is 2.39. The molecule has 2 aliphatic rings. The number of carbonyl (C=O) groups is 1. The Labute approximate surface area is 343 Å². The van der Waals surface area contributed by atoms with Crippen molar-refractivity contribution in [1.82, 2.24) is 19.2 Å². The molecule has 6 aromatic rings. The van der Waals surface area contributed by atoms with E-state index in [1.165, 1.54) is 12.1 Å². The summed E-state index contributed by atoms with van der Waals surface area (Å²) in [5.41, 5.74) is 6.35. The van der Waals surface area contributed by atoms with E-state index in [4.69, 9.17) is 9.47 Å². The summed E-state index contributed by atoms with van der Waals surface area (Å²) in [5.74, 6) is -0.509. The Hall–Kier alpha value is -5.41. The molecule has 4 atom stereocenters. The van der Waals surface area contributed by atoms with Crippen molar-refractivity contribution in [2.24, 2.45) is 0 Å². The molecule has 306 valence electrons. The summed E-state index contributed by atoms with van der Waals surface area (Å²) < 4.78 is 44.9. The molecule has 0 unspecified atom stereocenters. The Morgan fingerprint density at radius 1 is 0.847 bits per heavy atom. The van der Waals surface area contributed by atoms with Crippen molar-refractivity contribution in [3.8, 4) is 0 Å². The maximum atomic E-state index is 14.0. The third-order valence-corrected chi connectivity index (χ3v) is 12.8. The second kappa shape index (κ2) is 17.8. The van der Waals surface area contributed by atoms with Gasteiger partial charge in [0.05, 0.1) is 34.7 Å². The van der Waals surface area contributed by atoms with Gasteiger partial charge in [-0.15, -0.1) is 0 Å². The van der Waals surface area contributed by atoms with Gasteiger partial charge >= 0.3 is 5.69 Å². The molecule has 59 heavy (non-hydrogen) atoms. The van der Waals surface area contributed by atoms with Crippen LogP contribution in [0.3, 0.4) is 0 Å². The summed E-state index contributed by atoms with van der Waals surface area (Å²) >= 11 is 0. The number of carbonyl (C=O) groups excluding carboxylic acids is 1. The number of nitrogens with zero attached hydrogens (tertiary/aromatic N) is 2. The molecule has 0 bridgehead atoms. The number of H-pyrrole nitrogens is 1. The van der Waals surface area contributed by atoms with Crippen LogP contribution in [-0.4, -0.2) is 65.7 Å². The molecule has 0 aliphatic carbocycles. The van der Waals surface area contributed by atoms with Crippen molar-refractivity contribution in [3.63, 3.8) is 0 Å². The smallest absolute Gasteiger partial charge is 0.326 e. The predicted octanol–water partition coefficient (Wildman–Crippen LogP) is 6.54. The molecule has 5 aromatic carbocycles. The summed E-state index contributed by atoms with van der Waals surface area (Å²) in [6.45, 7) is 4.09. The van der Waals surface area contributed by atoms with Crippen molar-refractivity contribution >= 4 is 32.7 Å². The number of nitrogens with one attached hydrogen (secondary N) is 3. The minimum absolute atomic E-state index is 0.0566. The van der Waals surface area contributed by atoms with E-state index in [2.05, 4.69) is 19.9 Å². The molecule has 0 saturated carbocycles. The summed E-state index contributed by atoms with van der Waals surface area (Å²) in [7, 11) is -4.03. The number of rotatable bonds is 13. The number of benzene rings is 5. The van der Waals surface area contributed by atoms with E-state index in [-0.39, 0.29) is 41.9 Å². The third-order valence-electron chi connectivity index (χ3n) is 11.3. The lowest BCUT2D eigenvalue weighted by Crippen LogP contribution is -2.45. The maximum Gasteiger partial charge on any atom is 0.326 e. The molecule has 2 saturated heterocycles. The van der Waals surface area contributed by atoms with Crippen LogP contribution < -0.4 is 15.7 Å². The van der Waals surface area contributed by atoms with Crippen molar-refractivity contribution in [3.05, 3.63) is 166 Å². The first-order chi connectivity index (χ1) is 28.6. The molecule has 1 amide bonds. The minimum atomic E-state index is -4.03. The second-order valence-electron chi connectivity index (χ2n) is 15.5. The van der Waals surface area contributed by atoms with E-state index in [1.807, 2.05) is 102 Å². The Morgan fingerprint density at radius 3 is 2.32 bits per heavy atom. The number of aliphatic hydroxyl groups excluding tert-OH is 1. The number of aryl methyl sites for hydroxylation is 1. The summed E-state index contributed by atoms with van der Waals surface area (Å²) in [5, 5.41) is 12.6. The van der Waals surface area contributed by atoms with Crippen molar-refractivity contribution in [2.75, 3.05) is 25.0 Å². The van der Waals surface area contributed by atoms with Crippen LogP contribution >= 0.6 is 0 Å². The van der Waals surface area contributed by atoms with Crippen LogP contribution in [0.4, 0.5) is 5.69 Å². The first-order valence-corrected chi connectivity index (χ1v) is 21.6. The van der Waals surface area contributed by atoms with E-state index in [0.29, 0.717) is 24.2 Å². The van der Waals surface area contributed by atoms with Crippen molar-refractivity contribution < 1.29 is 27.8 Å². The molecular formula is C46H49N5O7S. The first-order valence-electron chi connectivity index (χ1n) is 20.1. The molecule has 4 N–H and O–H groups in total. The molecule has 0 radical (unpaired) electrons. The lowest BCUT2D eigenvalue weighted by atomic mass is 9.98. The van der Waals surface area contributed by atoms with Crippen LogP contribution in [0.15, 0.2) is 137 Å². The van der Waals surface area contributed by atoms with Crippen LogP contribution in [0, 0.1) is 6.92 Å². The molecule has 1 aromatic heterocycles. The van der Waals surface area contributed by atoms with Gasteiger partial charge < -0.3 is 29.8 Å². The van der Waals surface area contributed by atoms with E-state index < -0.39 is 28.3 Å². The fraction of sp³-hybridized carbons (Fsp3) is 0.304. The van der Waals surface area contributed by atoms with E-state index in [1.54, 1.807) is 24.3 Å². The second-order valence-corrected chi connectivity index (χ2v) is 17.2. The number of amides is 1. The fourth-order valence-corrected chi connectivity index (χ4v) is 9.32. The normalized spacial score (nSPS) is 19.7. The van der Waals surface area contributed by atoms with Crippen LogP contribution in [-0.2, 0) is 37.3 Å². The van der Waals surface area contributed by atoms with Crippen molar-refractivity contribution in [2.45, 2.75) is 74.7 Å². The number of ether oxygens (including phenoxy) is 2. The zero-order valence-corrected chi connectivity index (χ0v) is 33.7. The van der Waals surface area contributed by atoms with Gasteiger partial charge in [-0.25, -0.2) is 13.2 Å². The highest BCUT2D eigenvalue weighted by Gasteiger charge is 2.35. The van der Waals surface area contributed by atoms with Gasteiger partial charge in [-0.05, 0) is 79.3 Å². The molecule has 13 heteroatoms. The van der Waals surface area contributed by atoms with Crippen LogP contribution in [0.1, 0.15) is 65.5 Å². The van der Waals surface area contributed by atoms with Gasteiger partial charge in [-0.1, -0.05) is 96.6 Å². The standard InChI is InChI=1S/C46H49N5O7S/c1-31-14-20-39(21-15-31)59(55,56)49-41(26-32-8-3-2-4-9-32)44(53)47-36-11-7-10-35(27-36)45-57-38(28-43(58-45)34-18-16-33(30-52)17-19-34)29-50-24-22-37(23-25-50)51-42-13-6-5-12-40(42)48-46(51)54/h2-21,27,37-38,41,43,45,49,52H,22-26,28-30H2,1H3,(H,47,53)(H,48,54)/t38-,41+,43+,45+/m0/s1. The average molecular weight is 816 g/mol. The van der Waals surface area contributed by atoms with Crippen molar-refractivity contribution in [1.29, 1.82) is 0 Å². The number of aromatic amines is 1. The predicted molar refractivity (Wildman–Crippen MR) is 226 cm³/mol. The number of sulfonamides is 1. The zero-order valence-electron chi connectivity index (χ0n) is 32.9. The number of imidazole rings is 1. The SMILES string of the molecule is Cc1ccc(S(=O)(=O)N[C@H](Cc2ccccc2)C(=O)Nc2cccc([C@@H]3O[C@H](CN4CCC(n5c(=O)[nH]c6ccccc65)CC4)C[C@H](c4ccc(CO)cc4)O3)c2)cc1. The Morgan fingerprint density at radius 2 is 1.58 bits per heavy atom. The number of aliphatic hydroxyl groups is 1. The average Bonchev–Trinajstić information content (AvgIpc) is 3.59. The van der Waals surface area contributed by atoms with Crippen LogP contribution in [0.2, 0.25) is 0 Å². The number of piperidine rings is 1. The van der Waals surface area contributed by atoms with Gasteiger partial charge in [0, 0.05) is 43.3 Å². The number of fused-ring (bicyclic) bond motifs is 1. The summed E-state index contributed by atoms with van der Waals surface area (Å²) in [4.78, 5) is 32.3. The van der Waals surface area contributed by atoms with Gasteiger partial charge in [0.2, 0.25) is 15.9 Å². The summed E-state index contributed by atoms with van der Waals surface area (Å²) in [6, 6.07) is 37.6. The number of para-hydroxylation sites is 2. The minimum Gasteiger partial charge on any atom is -0.392 e. The number of anilines is 1. The Kier molecular flexibility index (Phi) is 12.2. The maximum absolute atomic E-state index is 14.0. The fourth-order valence-electron chi connectivity index (χ4n) is 8.12. The van der Waals surface area contributed by atoms with E-state index in [9.17, 15) is 23.1 Å². The van der Waals surface area contributed by atoms with Gasteiger partial charge in [-0.2, -0.15) is 4.72 Å². The van der Waals surface area contributed by atoms with Gasteiger partial charge in [0.1, 0.15) is 6.04 Å².